The minimum atomic E-state index is 0.106. The Hall–Kier alpha value is -1.90. The van der Waals surface area contributed by atoms with Gasteiger partial charge < -0.3 is 9.47 Å². The second kappa shape index (κ2) is 5.61. The molecule has 0 aromatic carbocycles. The highest BCUT2D eigenvalue weighted by atomic mass is 32.1. The van der Waals surface area contributed by atoms with Gasteiger partial charge in [-0.1, -0.05) is 6.92 Å². The molecule has 2 aromatic heterocycles. The van der Waals surface area contributed by atoms with E-state index in [1.807, 2.05) is 24.3 Å². The second-order valence-electron chi connectivity index (χ2n) is 4.83. The van der Waals surface area contributed by atoms with E-state index in [1.165, 1.54) is 11.3 Å². The maximum absolute atomic E-state index is 8.83. The summed E-state index contributed by atoms with van der Waals surface area (Å²) in [6.07, 6.45) is 1.83. The molecule has 0 spiro atoms. The Morgan fingerprint density at radius 3 is 2.85 bits per heavy atom. The fourth-order valence-electron chi connectivity index (χ4n) is 2.10. The van der Waals surface area contributed by atoms with Crippen LogP contribution < -0.4 is 4.74 Å². The Kier molecular flexibility index (Phi) is 3.68. The van der Waals surface area contributed by atoms with Crippen LogP contribution in [0, 0.1) is 17.2 Å². The third-order valence-corrected chi connectivity index (χ3v) is 4.30. The van der Waals surface area contributed by atoms with Crippen molar-refractivity contribution in [3.05, 3.63) is 35.3 Å². The smallest absolute Gasteiger partial charge is 0.138 e. The Balaban J connectivity index is 1.72. The summed E-state index contributed by atoms with van der Waals surface area (Å²) in [5.74, 6) is 1.17. The van der Waals surface area contributed by atoms with E-state index in [-0.39, 0.29) is 6.10 Å². The van der Waals surface area contributed by atoms with Crippen molar-refractivity contribution in [3.8, 4) is 22.4 Å². The van der Waals surface area contributed by atoms with Gasteiger partial charge in [0.15, 0.2) is 0 Å². The summed E-state index contributed by atoms with van der Waals surface area (Å²) in [6, 6.07) is 9.69. The van der Waals surface area contributed by atoms with Gasteiger partial charge in [0, 0.05) is 5.92 Å². The van der Waals surface area contributed by atoms with Crippen LogP contribution in [0.4, 0.5) is 0 Å². The van der Waals surface area contributed by atoms with E-state index in [0.717, 1.165) is 22.9 Å². The Morgan fingerprint density at radius 1 is 1.35 bits per heavy atom. The normalized spacial score (nSPS) is 21.6. The average molecular weight is 286 g/mol. The van der Waals surface area contributed by atoms with Gasteiger partial charge in [-0.25, -0.2) is 0 Å². The third kappa shape index (κ3) is 2.67. The fourth-order valence-corrected chi connectivity index (χ4v) is 2.88. The SMILES string of the molecule is C[C@H]1COC[C@H]1Oc1ccc(-c2ccc(C#N)s2)nc1. The van der Waals surface area contributed by atoms with E-state index in [4.69, 9.17) is 14.7 Å². The molecule has 0 N–H and O–H groups in total. The lowest BCUT2D eigenvalue weighted by Crippen LogP contribution is -2.23. The summed E-state index contributed by atoms with van der Waals surface area (Å²) in [5.41, 5.74) is 0.861. The van der Waals surface area contributed by atoms with Gasteiger partial charge in [0.05, 0.1) is 30.0 Å². The van der Waals surface area contributed by atoms with Gasteiger partial charge in [-0.3, -0.25) is 4.98 Å². The Bertz CT molecular complexity index is 630. The van der Waals surface area contributed by atoms with Crippen LogP contribution in [0.15, 0.2) is 30.5 Å². The average Bonchev–Trinajstić information content (AvgIpc) is 3.10. The molecule has 1 saturated heterocycles. The molecule has 0 aliphatic carbocycles. The Labute approximate surface area is 121 Å². The van der Waals surface area contributed by atoms with Gasteiger partial charge in [0.2, 0.25) is 0 Å². The van der Waals surface area contributed by atoms with E-state index in [1.54, 1.807) is 6.20 Å². The molecular formula is C15H14N2O2S. The maximum atomic E-state index is 8.83. The van der Waals surface area contributed by atoms with E-state index >= 15 is 0 Å². The van der Waals surface area contributed by atoms with Crippen LogP contribution >= 0.6 is 11.3 Å². The van der Waals surface area contributed by atoms with E-state index in [9.17, 15) is 0 Å². The number of aromatic nitrogens is 1. The molecule has 5 heteroatoms. The van der Waals surface area contributed by atoms with E-state index in [2.05, 4.69) is 18.0 Å². The van der Waals surface area contributed by atoms with Crippen molar-refractivity contribution >= 4 is 11.3 Å². The molecule has 0 amide bonds. The zero-order valence-electron chi connectivity index (χ0n) is 11.1. The standard InChI is InChI=1S/C15H14N2O2S/c1-10-8-18-9-14(10)19-11-2-4-13(17-7-11)15-5-3-12(6-16)20-15/h2-5,7,10,14H,8-9H2,1H3/t10-,14+/m0/s1. The van der Waals surface area contributed by atoms with Crippen molar-refractivity contribution in [2.24, 2.45) is 5.92 Å². The number of thiophene rings is 1. The fraction of sp³-hybridized carbons (Fsp3) is 0.333. The summed E-state index contributed by atoms with van der Waals surface area (Å²) in [6.45, 7) is 3.51. The van der Waals surface area contributed by atoms with Crippen LogP contribution in [0.5, 0.6) is 5.75 Å². The first-order valence-electron chi connectivity index (χ1n) is 6.47. The highest BCUT2D eigenvalue weighted by Crippen LogP contribution is 2.28. The van der Waals surface area contributed by atoms with Crippen LogP contribution in [0.25, 0.3) is 10.6 Å². The summed E-state index contributed by atoms with van der Waals surface area (Å²) >= 11 is 1.44. The molecule has 2 atom stereocenters. The first-order valence-corrected chi connectivity index (χ1v) is 7.28. The molecule has 0 unspecified atom stereocenters. The van der Waals surface area contributed by atoms with Crippen molar-refractivity contribution in [2.75, 3.05) is 13.2 Å². The molecule has 3 heterocycles. The molecule has 2 aromatic rings. The number of hydrogen-bond acceptors (Lipinski definition) is 5. The molecule has 0 bridgehead atoms. The number of rotatable bonds is 3. The summed E-state index contributed by atoms with van der Waals surface area (Å²) < 4.78 is 11.2. The summed E-state index contributed by atoms with van der Waals surface area (Å²) in [7, 11) is 0. The topological polar surface area (TPSA) is 55.1 Å². The molecule has 0 saturated carbocycles. The molecule has 102 valence electrons. The molecule has 1 aliphatic heterocycles. The molecule has 20 heavy (non-hydrogen) atoms. The lowest BCUT2D eigenvalue weighted by atomic mass is 10.1. The predicted octanol–water partition coefficient (Wildman–Crippen LogP) is 3.10. The highest BCUT2D eigenvalue weighted by molar-refractivity contribution is 7.15. The Morgan fingerprint density at radius 2 is 2.25 bits per heavy atom. The van der Waals surface area contributed by atoms with Crippen LogP contribution in [-0.4, -0.2) is 24.3 Å². The number of nitriles is 1. The molecule has 3 rings (SSSR count). The van der Waals surface area contributed by atoms with Crippen molar-refractivity contribution in [2.45, 2.75) is 13.0 Å². The largest absolute Gasteiger partial charge is 0.486 e. The van der Waals surface area contributed by atoms with Crippen LogP contribution in [-0.2, 0) is 4.74 Å². The van der Waals surface area contributed by atoms with Crippen LogP contribution in [0.2, 0.25) is 0 Å². The summed E-state index contributed by atoms with van der Waals surface area (Å²) in [5, 5.41) is 8.83. The molecule has 0 radical (unpaired) electrons. The van der Waals surface area contributed by atoms with Crippen LogP contribution in [0.1, 0.15) is 11.8 Å². The first kappa shape index (κ1) is 13.1. The first-order chi connectivity index (χ1) is 9.76. The molecular weight excluding hydrogens is 272 g/mol. The van der Waals surface area contributed by atoms with Gasteiger partial charge in [0.25, 0.3) is 0 Å². The van der Waals surface area contributed by atoms with Crippen molar-refractivity contribution in [3.63, 3.8) is 0 Å². The molecule has 1 aliphatic rings. The van der Waals surface area contributed by atoms with Gasteiger partial charge in [-0.15, -0.1) is 11.3 Å². The molecule has 4 nitrogen and oxygen atoms in total. The molecule has 1 fully saturated rings. The van der Waals surface area contributed by atoms with Crippen molar-refractivity contribution in [1.82, 2.24) is 4.98 Å². The number of ether oxygens (including phenoxy) is 2. The van der Waals surface area contributed by atoms with Gasteiger partial charge in [0.1, 0.15) is 22.8 Å². The number of nitrogens with zero attached hydrogens (tertiary/aromatic N) is 2. The minimum absolute atomic E-state index is 0.106. The zero-order valence-corrected chi connectivity index (χ0v) is 11.9. The number of pyridine rings is 1. The van der Waals surface area contributed by atoms with Crippen LogP contribution in [0.3, 0.4) is 0 Å². The van der Waals surface area contributed by atoms with Gasteiger partial charge in [-0.05, 0) is 24.3 Å². The maximum Gasteiger partial charge on any atom is 0.138 e. The third-order valence-electron chi connectivity index (χ3n) is 3.29. The number of hydrogen-bond donors (Lipinski definition) is 0. The predicted molar refractivity (Wildman–Crippen MR) is 76.7 cm³/mol. The zero-order chi connectivity index (χ0) is 13.9. The monoisotopic (exact) mass is 286 g/mol. The lowest BCUT2D eigenvalue weighted by molar-refractivity contribution is 0.138. The lowest BCUT2D eigenvalue weighted by Gasteiger charge is -2.15. The summed E-state index contributed by atoms with van der Waals surface area (Å²) in [4.78, 5) is 6.08. The highest BCUT2D eigenvalue weighted by Gasteiger charge is 2.26. The van der Waals surface area contributed by atoms with E-state index < -0.39 is 0 Å². The second-order valence-corrected chi connectivity index (χ2v) is 5.91. The van der Waals surface area contributed by atoms with Crippen molar-refractivity contribution < 1.29 is 9.47 Å². The van der Waals surface area contributed by atoms with Gasteiger partial charge >= 0.3 is 0 Å². The van der Waals surface area contributed by atoms with Crippen molar-refractivity contribution in [1.29, 1.82) is 5.26 Å². The minimum Gasteiger partial charge on any atom is -0.486 e. The van der Waals surface area contributed by atoms with E-state index in [0.29, 0.717) is 17.4 Å². The van der Waals surface area contributed by atoms with Gasteiger partial charge in [-0.2, -0.15) is 5.26 Å². The quantitative estimate of drug-likeness (QED) is 0.870.